The van der Waals surface area contributed by atoms with E-state index in [9.17, 15) is 4.79 Å². The topological polar surface area (TPSA) is 66.3 Å². The maximum atomic E-state index is 12.7. The Morgan fingerprint density at radius 2 is 1.76 bits per heavy atom. The Bertz CT molecular complexity index is 1170. The number of nitrogens with zero attached hydrogens (tertiary/aromatic N) is 5. The molecule has 5 rings (SSSR count). The number of hydrogen-bond acceptors (Lipinski definition) is 6. The Balaban J connectivity index is 1.34. The lowest BCUT2D eigenvalue weighted by molar-refractivity contribution is 0.296. The molecule has 0 bridgehead atoms. The Morgan fingerprint density at radius 1 is 1.03 bits per heavy atom. The lowest BCUT2D eigenvalue weighted by atomic mass is 9.94. The zero-order valence-corrected chi connectivity index (χ0v) is 20.3. The minimum absolute atomic E-state index is 0.0520. The minimum atomic E-state index is -0.0520. The van der Waals surface area contributed by atoms with Gasteiger partial charge in [-0.1, -0.05) is 24.3 Å². The first-order valence-electron chi connectivity index (χ1n) is 12.2. The molecule has 34 heavy (non-hydrogen) atoms. The summed E-state index contributed by atoms with van der Waals surface area (Å²) < 4.78 is 1.65. The van der Waals surface area contributed by atoms with E-state index in [1.807, 2.05) is 12.1 Å². The Labute approximate surface area is 201 Å². The van der Waals surface area contributed by atoms with E-state index < -0.39 is 0 Å². The summed E-state index contributed by atoms with van der Waals surface area (Å²) in [7, 11) is 6.18. The van der Waals surface area contributed by atoms with Gasteiger partial charge in [-0.3, -0.25) is 14.3 Å². The zero-order chi connectivity index (χ0) is 23.7. The molecule has 2 aliphatic rings. The second-order valence-corrected chi connectivity index (χ2v) is 9.82. The second-order valence-electron chi connectivity index (χ2n) is 9.82. The largest absolute Gasteiger partial charge is 0.339 e. The summed E-state index contributed by atoms with van der Waals surface area (Å²) in [6, 6.07) is 15.5. The minimum Gasteiger partial charge on any atom is -0.339 e. The van der Waals surface area contributed by atoms with Gasteiger partial charge in [-0.05, 0) is 62.5 Å². The quantitative estimate of drug-likeness (QED) is 0.634. The summed E-state index contributed by atoms with van der Waals surface area (Å²) in [4.78, 5) is 26.3. The molecule has 178 valence electrons. The maximum absolute atomic E-state index is 12.7. The van der Waals surface area contributed by atoms with E-state index in [1.54, 1.807) is 30.1 Å². The number of hydrogen-bond donors (Lipinski definition) is 1. The molecule has 1 aliphatic heterocycles. The summed E-state index contributed by atoms with van der Waals surface area (Å²) in [6.45, 7) is 2.42. The highest BCUT2D eigenvalue weighted by Gasteiger charge is 2.28. The van der Waals surface area contributed by atoms with Crippen LogP contribution in [0, 0.1) is 0 Å². The van der Waals surface area contributed by atoms with Gasteiger partial charge in [-0.2, -0.15) is 0 Å². The molecule has 2 aromatic heterocycles. The smallest absolute Gasteiger partial charge is 0.255 e. The van der Waals surface area contributed by atoms with Crippen LogP contribution in [0.1, 0.15) is 42.3 Å². The van der Waals surface area contributed by atoms with Crippen LogP contribution in [-0.2, 0) is 7.05 Å². The third-order valence-electron chi connectivity index (χ3n) is 7.49. The highest BCUT2D eigenvalue weighted by Crippen LogP contribution is 2.36. The van der Waals surface area contributed by atoms with Gasteiger partial charge in [0.2, 0.25) is 5.95 Å². The van der Waals surface area contributed by atoms with Crippen LogP contribution in [0.25, 0.3) is 11.3 Å². The number of pyridine rings is 1. The molecule has 0 radical (unpaired) electrons. The third kappa shape index (κ3) is 4.63. The molecule has 1 unspecified atom stereocenters. The monoisotopic (exact) mass is 458 g/mol. The summed E-state index contributed by atoms with van der Waals surface area (Å²) in [5.41, 5.74) is 4.27. The van der Waals surface area contributed by atoms with Crippen molar-refractivity contribution in [2.24, 2.45) is 7.05 Å². The van der Waals surface area contributed by atoms with E-state index in [4.69, 9.17) is 4.98 Å². The molecule has 2 fully saturated rings. The predicted octanol–water partition coefficient (Wildman–Crippen LogP) is 3.19. The van der Waals surface area contributed by atoms with Crippen molar-refractivity contribution in [3.05, 3.63) is 76.3 Å². The molecular formula is C27H34N6O. The molecule has 0 amide bonds. The molecular weight excluding hydrogens is 424 g/mol. The molecule has 3 atom stereocenters. The Hall–Kier alpha value is -3.03. The van der Waals surface area contributed by atoms with Gasteiger partial charge in [-0.15, -0.1) is 0 Å². The van der Waals surface area contributed by atoms with Gasteiger partial charge >= 0.3 is 0 Å². The SMILES string of the molecule is CN(C)[C@@H]1CCC(c2ccc([C@H]3CN(c4nc(-c5ccncc5)cc(=O)n4C)CCN3)cc2)C1. The van der Waals surface area contributed by atoms with Gasteiger partial charge in [0.1, 0.15) is 0 Å². The lowest BCUT2D eigenvalue weighted by Crippen LogP contribution is -2.47. The van der Waals surface area contributed by atoms with E-state index in [2.05, 4.69) is 58.5 Å². The summed E-state index contributed by atoms with van der Waals surface area (Å²) in [5, 5.41) is 3.65. The molecule has 1 aromatic carbocycles. The van der Waals surface area contributed by atoms with Crippen molar-refractivity contribution >= 4 is 5.95 Å². The highest BCUT2D eigenvalue weighted by atomic mass is 16.1. The number of nitrogens with one attached hydrogen (secondary N) is 1. The first kappa shape index (κ1) is 22.7. The van der Waals surface area contributed by atoms with Crippen LogP contribution in [0.2, 0.25) is 0 Å². The van der Waals surface area contributed by atoms with E-state index >= 15 is 0 Å². The van der Waals surface area contributed by atoms with Gasteiger partial charge in [0.25, 0.3) is 5.56 Å². The van der Waals surface area contributed by atoms with Gasteiger partial charge < -0.3 is 15.1 Å². The van der Waals surface area contributed by atoms with Crippen molar-refractivity contribution in [2.45, 2.75) is 37.3 Å². The molecule has 7 nitrogen and oxygen atoms in total. The molecule has 1 saturated carbocycles. The number of anilines is 1. The number of aromatic nitrogens is 3. The maximum Gasteiger partial charge on any atom is 0.255 e. The molecule has 1 saturated heterocycles. The average Bonchev–Trinajstić information content (AvgIpc) is 3.37. The Morgan fingerprint density at radius 3 is 2.47 bits per heavy atom. The first-order chi connectivity index (χ1) is 16.5. The molecule has 1 N–H and O–H groups in total. The summed E-state index contributed by atoms with van der Waals surface area (Å²) in [5.74, 6) is 1.37. The van der Waals surface area contributed by atoms with Gasteiger partial charge in [0.15, 0.2) is 0 Å². The van der Waals surface area contributed by atoms with Crippen LogP contribution >= 0.6 is 0 Å². The van der Waals surface area contributed by atoms with Crippen molar-refractivity contribution in [3.63, 3.8) is 0 Å². The van der Waals surface area contributed by atoms with E-state index in [1.165, 1.54) is 30.4 Å². The second kappa shape index (κ2) is 9.68. The van der Waals surface area contributed by atoms with Crippen molar-refractivity contribution < 1.29 is 0 Å². The number of rotatable bonds is 5. The van der Waals surface area contributed by atoms with Crippen LogP contribution in [0.3, 0.4) is 0 Å². The van der Waals surface area contributed by atoms with Crippen LogP contribution < -0.4 is 15.8 Å². The highest BCUT2D eigenvalue weighted by molar-refractivity contribution is 5.59. The summed E-state index contributed by atoms with van der Waals surface area (Å²) >= 11 is 0. The fourth-order valence-corrected chi connectivity index (χ4v) is 5.37. The number of benzene rings is 1. The molecule has 1 aliphatic carbocycles. The lowest BCUT2D eigenvalue weighted by Gasteiger charge is -2.35. The fraction of sp³-hybridized carbons (Fsp3) is 0.444. The van der Waals surface area contributed by atoms with Gasteiger partial charge in [0, 0.05) is 62.8 Å². The van der Waals surface area contributed by atoms with Crippen molar-refractivity contribution in [2.75, 3.05) is 38.6 Å². The molecule has 0 spiro atoms. The van der Waals surface area contributed by atoms with E-state index in [0.29, 0.717) is 23.6 Å². The van der Waals surface area contributed by atoms with Crippen LogP contribution in [0.4, 0.5) is 5.95 Å². The molecule has 3 aromatic rings. The average molecular weight is 459 g/mol. The number of piperazine rings is 1. The Kier molecular flexibility index (Phi) is 6.48. The molecule has 7 heteroatoms. The first-order valence-corrected chi connectivity index (χ1v) is 12.2. The van der Waals surface area contributed by atoms with Crippen LogP contribution in [0.5, 0.6) is 0 Å². The summed E-state index contributed by atoms with van der Waals surface area (Å²) in [6.07, 6.45) is 7.25. The normalized spacial score (nSPS) is 22.9. The van der Waals surface area contributed by atoms with Gasteiger partial charge in [-0.25, -0.2) is 4.98 Å². The van der Waals surface area contributed by atoms with E-state index in [-0.39, 0.29) is 11.6 Å². The van der Waals surface area contributed by atoms with Crippen LogP contribution in [0.15, 0.2) is 59.7 Å². The predicted molar refractivity (Wildman–Crippen MR) is 136 cm³/mol. The van der Waals surface area contributed by atoms with Gasteiger partial charge in [0.05, 0.1) is 5.69 Å². The molecule has 3 heterocycles. The van der Waals surface area contributed by atoms with E-state index in [0.717, 1.165) is 25.2 Å². The zero-order valence-electron chi connectivity index (χ0n) is 20.3. The van der Waals surface area contributed by atoms with Crippen molar-refractivity contribution in [1.29, 1.82) is 0 Å². The fourth-order valence-electron chi connectivity index (χ4n) is 5.37. The van der Waals surface area contributed by atoms with Crippen molar-refractivity contribution in [3.8, 4) is 11.3 Å². The van der Waals surface area contributed by atoms with Crippen LogP contribution in [-0.4, -0.2) is 59.2 Å². The van der Waals surface area contributed by atoms with Crippen molar-refractivity contribution in [1.82, 2.24) is 24.8 Å². The third-order valence-corrected chi connectivity index (χ3v) is 7.49. The standard InChI is InChI=1S/C27H34N6O/c1-31(2)23-9-8-22(16-23)19-4-6-20(7-5-19)25-18-33(15-14-29-25)27-30-24(17-26(34)32(27)3)21-10-12-28-13-11-21/h4-7,10-13,17,22-23,25,29H,8-9,14-16,18H2,1-3H3/t22?,23-,25-/m1/s1.